The van der Waals surface area contributed by atoms with Gasteiger partial charge in [0.2, 0.25) is 0 Å². The molecule has 0 aromatic heterocycles. The minimum Gasteiger partial charge on any atom is -0.496 e. The second-order valence-electron chi connectivity index (χ2n) is 4.91. The third-order valence-corrected chi connectivity index (χ3v) is 3.62. The molecule has 1 atom stereocenters. The maximum atomic E-state index is 14.6. The number of benzene rings is 1. The van der Waals surface area contributed by atoms with Gasteiger partial charge < -0.3 is 14.8 Å². The Balaban J connectivity index is 2.51. The number of rotatable bonds is 4. The van der Waals surface area contributed by atoms with Crippen molar-refractivity contribution in [1.29, 1.82) is 0 Å². The fraction of sp³-hybridized carbons (Fsp3) is 0.571. The normalized spacial score (nSPS) is 23.3. The van der Waals surface area contributed by atoms with Gasteiger partial charge in [0.15, 0.2) is 0 Å². The molecule has 1 aromatic rings. The van der Waals surface area contributed by atoms with Gasteiger partial charge in [-0.15, -0.1) is 0 Å². The molecule has 100 valence electrons. The summed E-state index contributed by atoms with van der Waals surface area (Å²) in [6.45, 7) is 3.21. The van der Waals surface area contributed by atoms with Crippen LogP contribution in [0.3, 0.4) is 0 Å². The molecule has 1 heterocycles. The maximum Gasteiger partial charge on any atom is 0.137 e. The van der Waals surface area contributed by atoms with Crippen LogP contribution >= 0.6 is 0 Å². The van der Waals surface area contributed by atoms with E-state index in [-0.39, 0.29) is 18.0 Å². The average Bonchev–Trinajstić information content (AvgIpc) is 2.79. The molecule has 0 spiro atoms. The summed E-state index contributed by atoms with van der Waals surface area (Å²) in [7, 11) is 3.14. The first-order chi connectivity index (χ1) is 8.62. The molecule has 0 radical (unpaired) electrons. The van der Waals surface area contributed by atoms with Crippen LogP contribution in [0.2, 0.25) is 0 Å². The molecule has 4 heteroatoms. The second-order valence-corrected chi connectivity index (χ2v) is 4.91. The lowest BCUT2D eigenvalue weighted by atomic mass is 9.88. The van der Waals surface area contributed by atoms with Gasteiger partial charge in [-0.05, 0) is 32.4 Å². The lowest BCUT2D eigenvalue weighted by molar-refractivity contribution is 0.180. The third kappa shape index (κ3) is 2.22. The predicted octanol–water partition coefficient (Wildman–Crippen LogP) is 2.58. The van der Waals surface area contributed by atoms with Crippen LogP contribution in [0.5, 0.6) is 5.75 Å². The maximum absolute atomic E-state index is 14.6. The molecule has 1 fully saturated rings. The highest BCUT2D eigenvalue weighted by Gasteiger charge is 2.36. The molecule has 0 bridgehead atoms. The monoisotopic (exact) mass is 253 g/mol. The molecular weight excluding hydrogens is 233 g/mol. The van der Waals surface area contributed by atoms with Crippen molar-refractivity contribution in [3.63, 3.8) is 0 Å². The summed E-state index contributed by atoms with van der Waals surface area (Å²) in [5.41, 5.74) is 0.847. The van der Waals surface area contributed by atoms with Crippen molar-refractivity contribution in [3.8, 4) is 5.75 Å². The number of hydrogen-bond donors (Lipinski definition) is 1. The van der Waals surface area contributed by atoms with Gasteiger partial charge in [-0.25, -0.2) is 4.39 Å². The van der Waals surface area contributed by atoms with Gasteiger partial charge in [0, 0.05) is 23.8 Å². The van der Waals surface area contributed by atoms with Gasteiger partial charge in [0.1, 0.15) is 11.6 Å². The van der Waals surface area contributed by atoms with Gasteiger partial charge in [-0.1, -0.05) is 6.07 Å². The van der Waals surface area contributed by atoms with E-state index in [1.807, 2.05) is 13.0 Å². The first-order valence-electron chi connectivity index (χ1n) is 6.22. The predicted molar refractivity (Wildman–Crippen MR) is 68.3 cm³/mol. The van der Waals surface area contributed by atoms with E-state index in [1.165, 1.54) is 0 Å². The highest BCUT2D eigenvalue weighted by atomic mass is 19.1. The van der Waals surface area contributed by atoms with E-state index in [9.17, 15) is 4.39 Å². The summed E-state index contributed by atoms with van der Waals surface area (Å²) in [4.78, 5) is 0. The zero-order valence-electron chi connectivity index (χ0n) is 11.2. The van der Waals surface area contributed by atoms with Crippen LogP contribution in [-0.4, -0.2) is 20.8 Å². The molecule has 1 aromatic carbocycles. The molecule has 3 nitrogen and oxygen atoms in total. The number of methoxy groups -OCH3 is 2. The van der Waals surface area contributed by atoms with Crippen molar-refractivity contribution in [2.45, 2.75) is 31.9 Å². The van der Waals surface area contributed by atoms with Crippen LogP contribution in [0.25, 0.3) is 0 Å². The van der Waals surface area contributed by atoms with Crippen molar-refractivity contribution in [3.05, 3.63) is 29.1 Å². The smallest absolute Gasteiger partial charge is 0.137 e. The van der Waals surface area contributed by atoms with E-state index < -0.39 is 0 Å². The Kier molecular flexibility index (Phi) is 3.88. The second kappa shape index (κ2) is 5.24. The molecule has 0 amide bonds. The topological polar surface area (TPSA) is 30.5 Å². The Bertz CT molecular complexity index is 428. The van der Waals surface area contributed by atoms with Crippen molar-refractivity contribution < 1.29 is 13.9 Å². The van der Waals surface area contributed by atoms with Crippen LogP contribution in [-0.2, 0) is 16.9 Å². The molecule has 0 aliphatic carbocycles. The van der Waals surface area contributed by atoms with E-state index in [2.05, 4.69) is 5.32 Å². The van der Waals surface area contributed by atoms with Crippen LogP contribution in [0.1, 0.15) is 30.9 Å². The zero-order valence-corrected chi connectivity index (χ0v) is 11.2. The quantitative estimate of drug-likeness (QED) is 0.894. The Morgan fingerprint density at radius 2 is 2.17 bits per heavy atom. The minimum atomic E-state index is -0.348. The molecular formula is C14H20FNO2. The zero-order chi connectivity index (χ0) is 13.2. The summed E-state index contributed by atoms with van der Waals surface area (Å²) in [6, 6.07) is 3.54. The molecule has 1 aliphatic heterocycles. The number of nitrogens with one attached hydrogen (secondary N) is 1. The molecule has 1 saturated heterocycles. The summed E-state index contributed by atoms with van der Waals surface area (Å²) in [5, 5.41) is 3.37. The van der Waals surface area contributed by atoms with Crippen LogP contribution in [0.15, 0.2) is 12.1 Å². The molecule has 1 N–H and O–H groups in total. The fourth-order valence-electron chi connectivity index (χ4n) is 2.66. The van der Waals surface area contributed by atoms with Crippen LogP contribution in [0.4, 0.5) is 4.39 Å². The van der Waals surface area contributed by atoms with Gasteiger partial charge >= 0.3 is 0 Å². The van der Waals surface area contributed by atoms with Crippen molar-refractivity contribution in [2.75, 3.05) is 20.8 Å². The standard InChI is InChI=1S/C14H20FNO2/c1-14(7-4-8-16-14)12-11(18-3)6-5-10(9-17-2)13(12)15/h5-6,16H,4,7-9H2,1-3H3. The van der Waals surface area contributed by atoms with E-state index >= 15 is 0 Å². The van der Waals surface area contributed by atoms with Gasteiger partial charge in [0.05, 0.1) is 13.7 Å². The number of halogens is 1. The Hall–Kier alpha value is -1.13. The van der Waals surface area contributed by atoms with Crippen LogP contribution < -0.4 is 10.1 Å². The average molecular weight is 253 g/mol. The summed E-state index contributed by atoms with van der Waals surface area (Å²) < 4.78 is 25.0. The Morgan fingerprint density at radius 3 is 2.72 bits per heavy atom. The number of ether oxygens (including phenoxy) is 2. The van der Waals surface area contributed by atoms with Crippen molar-refractivity contribution in [2.24, 2.45) is 0 Å². The molecule has 1 unspecified atom stereocenters. The van der Waals surface area contributed by atoms with Crippen molar-refractivity contribution in [1.82, 2.24) is 5.32 Å². The third-order valence-electron chi connectivity index (χ3n) is 3.62. The molecule has 2 rings (SSSR count). The van der Waals surface area contributed by atoms with E-state index in [4.69, 9.17) is 9.47 Å². The van der Waals surface area contributed by atoms with E-state index in [0.29, 0.717) is 16.9 Å². The SMILES string of the molecule is COCc1ccc(OC)c(C2(C)CCCN2)c1F. The van der Waals surface area contributed by atoms with E-state index in [1.54, 1.807) is 20.3 Å². The van der Waals surface area contributed by atoms with Gasteiger partial charge in [-0.3, -0.25) is 0 Å². The first-order valence-corrected chi connectivity index (χ1v) is 6.22. The Morgan fingerprint density at radius 1 is 1.39 bits per heavy atom. The lowest BCUT2D eigenvalue weighted by Gasteiger charge is -2.28. The first kappa shape index (κ1) is 13.3. The molecule has 18 heavy (non-hydrogen) atoms. The Labute approximate surface area is 107 Å². The highest BCUT2D eigenvalue weighted by Crippen LogP contribution is 2.39. The highest BCUT2D eigenvalue weighted by molar-refractivity contribution is 5.44. The molecule has 1 aliphatic rings. The molecule has 0 saturated carbocycles. The number of hydrogen-bond acceptors (Lipinski definition) is 3. The van der Waals surface area contributed by atoms with Gasteiger partial charge in [-0.2, -0.15) is 0 Å². The van der Waals surface area contributed by atoms with Gasteiger partial charge in [0.25, 0.3) is 0 Å². The summed E-state index contributed by atoms with van der Waals surface area (Å²) in [6.07, 6.45) is 1.96. The largest absolute Gasteiger partial charge is 0.496 e. The summed E-state index contributed by atoms with van der Waals surface area (Å²) in [5.74, 6) is 0.386. The van der Waals surface area contributed by atoms with Crippen LogP contribution in [0, 0.1) is 5.82 Å². The summed E-state index contributed by atoms with van der Waals surface area (Å²) >= 11 is 0. The van der Waals surface area contributed by atoms with Crippen molar-refractivity contribution >= 4 is 0 Å². The lowest BCUT2D eigenvalue weighted by Crippen LogP contribution is -2.35. The minimum absolute atomic E-state index is 0.215. The fourth-order valence-corrected chi connectivity index (χ4v) is 2.66. The van der Waals surface area contributed by atoms with E-state index in [0.717, 1.165) is 19.4 Å².